The zero-order chi connectivity index (χ0) is 18.1. The van der Waals surface area contributed by atoms with E-state index in [9.17, 15) is 14.4 Å². The molecule has 25 heavy (non-hydrogen) atoms. The van der Waals surface area contributed by atoms with Crippen LogP contribution in [0.25, 0.3) is 0 Å². The summed E-state index contributed by atoms with van der Waals surface area (Å²) in [4.78, 5) is 39.2. The fraction of sp³-hybridized carbons (Fsp3) is 0.588. The van der Waals surface area contributed by atoms with Gasteiger partial charge in [0.05, 0.1) is 10.6 Å². The smallest absolute Gasteiger partial charge is 0.327 e. The fourth-order valence-corrected chi connectivity index (χ4v) is 3.96. The second-order valence-corrected chi connectivity index (χ2v) is 7.40. The van der Waals surface area contributed by atoms with Crippen molar-refractivity contribution >= 4 is 27.9 Å². The molecule has 1 saturated heterocycles. The van der Waals surface area contributed by atoms with E-state index >= 15 is 0 Å². The second kappa shape index (κ2) is 7.19. The number of amides is 3. The van der Waals surface area contributed by atoms with Crippen molar-refractivity contribution in [2.75, 3.05) is 13.1 Å². The Morgan fingerprint density at radius 1 is 1.20 bits per heavy atom. The van der Waals surface area contributed by atoms with Crippen LogP contribution in [0.3, 0.4) is 0 Å². The number of ether oxygens (including phenoxy) is 1. The van der Waals surface area contributed by atoms with Crippen molar-refractivity contribution in [3.8, 4) is 5.75 Å². The van der Waals surface area contributed by atoms with E-state index < -0.39 is 0 Å². The Morgan fingerprint density at radius 3 is 2.48 bits per heavy atom. The molecule has 136 valence electrons. The summed E-state index contributed by atoms with van der Waals surface area (Å²) < 4.78 is 8.19. The molecule has 1 aromatic rings. The van der Waals surface area contributed by atoms with E-state index in [0.29, 0.717) is 12.3 Å². The first-order chi connectivity index (χ1) is 11.9. The molecule has 1 aliphatic carbocycles. The third kappa shape index (κ3) is 3.58. The minimum atomic E-state index is -0.175. The number of hydrogen-bond acceptors (Lipinski definition) is 4. The highest BCUT2D eigenvalue weighted by atomic mass is 79.9. The molecule has 1 aliphatic heterocycles. The van der Waals surface area contributed by atoms with Crippen LogP contribution in [-0.2, 0) is 11.8 Å². The average Bonchev–Trinajstić information content (AvgIpc) is 2.87. The lowest BCUT2D eigenvalue weighted by Crippen LogP contribution is -2.44. The molecule has 0 bridgehead atoms. The zero-order valence-electron chi connectivity index (χ0n) is 14.4. The van der Waals surface area contributed by atoms with Crippen molar-refractivity contribution in [1.29, 1.82) is 0 Å². The van der Waals surface area contributed by atoms with Gasteiger partial charge in [-0.3, -0.25) is 14.5 Å². The maximum absolute atomic E-state index is 12.3. The molecule has 1 saturated carbocycles. The van der Waals surface area contributed by atoms with Crippen LogP contribution in [-0.4, -0.2) is 51.5 Å². The third-order valence-corrected chi connectivity index (χ3v) is 5.50. The Hall–Kier alpha value is -1.83. The third-order valence-electron chi connectivity index (χ3n) is 4.90. The standard InChI is InChI=1S/C17H22BrN3O4/c1-3-20-10-16(23)21(17(20)24)11-4-6-12(7-5-11)25-14-8-15(22)19(2)9-13(14)18/h8-9,11-12H,3-7,10H2,1-2H3/t11-,12-. The van der Waals surface area contributed by atoms with E-state index in [4.69, 9.17) is 4.74 Å². The lowest BCUT2D eigenvalue weighted by Gasteiger charge is -2.33. The number of pyridine rings is 1. The van der Waals surface area contributed by atoms with Gasteiger partial charge in [0.2, 0.25) is 0 Å². The predicted molar refractivity (Wildman–Crippen MR) is 95.5 cm³/mol. The first kappa shape index (κ1) is 18.0. The number of halogens is 1. The quantitative estimate of drug-likeness (QED) is 0.711. The normalized spacial score (nSPS) is 24.1. The molecule has 2 fully saturated rings. The van der Waals surface area contributed by atoms with Crippen molar-refractivity contribution in [3.05, 3.63) is 27.1 Å². The Kier molecular flexibility index (Phi) is 5.17. The molecule has 2 heterocycles. The molecule has 0 aromatic carbocycles. The van der Waals surface area contributed by atoms with Crippen molar-refractivity contribution in [1.82, 2.24) is 14.4 Å². The summed E-state index contributed by atoms with van der Waals surface area (Å²) in [5.74, 6) is 0.433. The van der Waals surface area contributed by atoms with Crippen LogP contribution in [0.2, 0.25) is 0 Å². The van der Waals surface area contributed by atoms with Crippen LogP contribution in [0.4, 0.5) is 4.79 Å². The molecule has 0 atom stereocenters. The van der Waals surface area contributed by atoms with Gasteiger partial charge in [0.15, 0.2) is 0 Å². The monoisotopic (exact) mass is 411 g/mol. The van der Waals surface area contributed by atoms with Crippen molar-refractivity contribution in [2.24, 2.45) is 7.05 Å². The average molecular weight is 412 g/mol. The van der Waals surface area contributed by atoms with E-state index in [2.05, 4.69) is 15.9 Å². The molecule has 0 unspecified atom stereocenters. The number of urea groups is 1. The van der Waals surface area contributed by atoms with E-state index in [1.165, 1.54) is 15.5 Å². The van der Waals surface area contributed by atoms with Gasteiger partial charge in [-0.05, 0) is 48.5 Å². The summed E-state index contributed by atoms with van der Waals surface area (Å²) in [6.07, 6.45) is 4.61. The van der Waals surface area contributed by atoms with Gasteiger partial charge in [0.25, 0.3) is 11.5 Å². The highest BCUT2D eigenvalue weighted by Gasteiger charge is 2.41. The molecule has 0 spiro atoms. The predicted octanol–water partition coefficient (Wildman–Crippen LogP) is 2.12. The summed E-state index contributed by atoms with van der Waals surface area (Å²) in [7, 11) is 1.69. The van der Waals surface area contributed by atoms with Gasteiger partial charge in [-0.1, -0.05) is 0 Å². The number of carbonyl (C=O) groups is 2. The van der Waals surface area contributed by atoms with Crippen LogP contribution in [0.1, 0.15) is 32.6 Å². The van der Waals surface area contributed by atoms with Crippen molar-refractivity contribution < 1.29 is 14.3 Å². The maximum Gasteiger partial charge on any atom is 0.327 e. The summed E-state index contributed by atoms with van der Waals surface area (Å²) in [6, 6.07) is 1.25. The van der Waals surface area contributed by atoms with Crippen LogP contribution in [0.5, 0.6) is 5.75 Å². The first-order valence-electron chi connectivity index (χ1n) is 8.54. The Morgan fingerprint density at radius 2 is 1.88 bits per heavy atom. The lowest BCUT2D eigenvalue weighted by molar-refractivity contribution is -0.127. The highest BCUT2D eigenvalue weighted by molar-refractivity contribution is 9.10. The van der Waals surface area contributed by atoms with E-state index in [0.717, 1.165) is 30.2 Å². The van der Waals surface area contributed by atoms with Crippen LogP contribution in [0, 0.1) is 0 Å². The number of hydrogen-bond donors (Lipinski definition) is 0. The largest absolute Gasteiger partial charge is 0.489 e. The minimum absolute atomic E-state index is 0.0188. The molecule has 1 aromatic heterocycles. The summed E-state index contributed by atoms with van der Waals surface area (Å²) >= 11 is 3.42. The number of rotatable bonds is 4. The number of likely N-dealkylation sites (N-methyl/N-ethyl adjacent to an activating group) is 1. The zero-order valence-corrected chi connectivity index (χ0v) is 16.0. The minimum Gasteiger partial charge on any atom is -0.489 e. The number of aromatic nitrogens is 1. The van der Waals surface area contributed by atoms with Gasteiger partial charge >= 0.3 is 6.03 Å². The molecule has 3 rings (SSSR count). The number of aryl methyl sites for hydroxylation is 1. The SMILES string of the molecule is CCN1CC(=O)N([C@H]2CC[C@H](Oc3cc(=O)n(C)cc3Br)CC2)C1=O. The summed E-state index contributed by atoms with van der Waals surface area (Å²) in [6.45, 7) is 2.62. The molecule has 7 nitrogen and oxygen atoms in total. The Labute approximate surface area is 154 Å². The number of carbonyl (C=O) groups excluding carboxylic acids is 2. The molecule has 0 radical (unpaired) electrons. The fourth-order valence-electron chi connectivity index (χ4n) is 3.44. The van der Waals surface area contributed by atoms with Gasteiger partial charge in [-0.15, -0.1) is 0 Å². The molecule has 8 heteroatoms. The van der Waals surface area contributed by atoms with Crippen LogP contribution >= 0.6 is 15.9 Å². The molecule has 2 aliphatic rings. The Balaban J connectivity index is 1.61. The van der Waals surface area contributed by atoms with Crippen LogP contribution in [0.15, 0.2) is 21.5 Å². The topological polar surface area (TPSA) is 71.8 Å². The van der Waals surface area contributed by atoms with Gasteiger partial charge in [-0.25, -0.2) is 4.79 Å². The van der Waals surface area contributed by atoms with Crippen molar-refractivity contribution in [3.63, 3.8) is 0 Å². The summed E-state index contributed by atoms with van der Waals surface area (Å²) in [5, 5.41) is 0. The van der Waals surface area contributed by atoms with E-state index in [1.54, 1.807) is 18.1 Å². The van der Waals surface area contributed by atoms with Crippen LogP contribution < -0.4 is 10.3 Å². The molecular weight excluding hydrogens is 390 g/mol. The van der Waals surface area contributed by atoms with Gasteiger partial charge in [0.1, 0.15) is 12.3 Å². The lowest BCUT2D eigenvalue weighted by atomic mass is 9.92. The molecule has 0 N–H and O–H groups in total. The van der Waals surface area contributed by atoms with Crippen molar-refractivity contribution in [2.45, 2.75) is 44.8 Å². The molecule has 3 amide bonds. The summed E-state index contributed by atoms with van der Waals surface area (Å²) in [5.41, 5.74) is -0.125. The van der Waals surface area contributed by atoms with Gasteiger partial charge in [-0.2, -0.15) is 0 Å². The Bertz CT molecular complexity index is 740. The van der Waals surface area contributed by atoms with E-state index in [-0.39, 0.29) is 36.2 Å². The highest BCUT2D eigenvalue weighted by Crippen LogP contribution is 2.31. The molecular formula is C17H22BrN3O4. The number of imide groups is 1. The maximum atomic E-state index is 12.3. The van der Waals surface area contributed by atoms with E-state index in [1.807, 2.05) is 6.92 Å². The second-order valence-electron chi connectivity index (χ2n) is 6.54. The van der Waals surface area contributed by atoms with Gasteiger partial charge < -0.3 is 14.2 Å². The number of nitrogens with zero attached hydrogens (tertiary/aromatic N) is 3. The van der Waals surface area contributed by atoms with Gasteiger partial charge in [0, 0.05) is 31.9 Å². The first-order valence-corrected chi connectivity index (χ1v) is 9.33.